The van der Waals surface area contributed by atoms with Crippen molar-refractivity contribution in [2.45, 2.75) is 43.8 Å². The lowest BCUT2D eigenvalue weighted by atomic mass is 9.89. The fraction of sp³-hybridized carbons (Fsp3) is 0.769. The van der Waals surface area contributed by atoms with Gasteiger partial charge < -0.3 is 19.8 Å². The van der Waals surface area contributed by atoms with E-state index in [9.17, 15) is 27.4 Å². The molecule has 3 amide bonds. The molecule has 0 saturated carbocycles. The molecule has 0 aliphatic carbocycles. The second kappa shape index (κ2) is 6.92. The second-order valence-corrected chi connectivity index (χ2v) is 7.99. The monoisotopic (exact) mass is 372 g/mol. The van der Waals surface area contributed by atoms with Gasteiger partial charge in [-0.05, 0) is 38.8 Å². The molecule has 0 radical (unpaired) electrons. The van der Waals surface area contributed by atoms with Gasteiger partial charge in [-0.3, -0.25) is 9.35 Å². The molecule has 0 spiro atoms. The maximum atomic E-state index is 12.6. The number of amides is 3. The zero-order chi connectivity index (χ0) is 18.2. The van der Waals surface area contributed by atoms with Crippen LogP contribution in [0.3, 0.4) is 0 Å². The lowest BCUT2D eigenvalue weighted by Gasteiger charge is -2.34. The highest BCUT2D eigenvalue weighted by Gasteiger charge is 2.51. The minimum absolute atomic E-state index is 0.0245. The van der Waals surface area contributed by atoms with Gasteiger partial charge in [0.25, 0.3) is 7.41 Å². The number of nitrogens with zero attached hydrogens (tertiary/aromatic N) is 3. The van der Waals surface area contributed by atoms with E-state index in [2.05, 4.69) is 5.32 Å². The van der Waals surface area contributed by atoms with Crippen LogP contribution in [0.25, 0.3) is 0 Å². The summed E-state index contributed by atoms with van der Waals surface area (Å²) in [5.41, 5.74) is 0. The third-order valence-corrected chi connectivity index (χ3v) is 6.09. The van der Waals surface area contributed by atoms with E-state index in [0.29, 0.717) is 24.6 Å². The summed E-state index contributed by atoms with van der Waals surface area (Å²) in [5.74, 6) is -0.294. The Morgan fingerprint density at radius 3 is 2.52 bits per heavy atom. The first-order valence-electron chi connectivity index (χ1n) is 8.35. The van der Waals surface area contributed by atoms with Crippen molar-refractivity contribution in [1.29, 1.82) is 0 Å². The van der Waals surface area contributed by atoms with Crippen molar-refractivity contribution >= 4 is 35.8 Å². The van der Waals surface area contributed by atoms with Gasteiger partial charge in [-0.2, -0.15) is 12.7 Å². The van der Waals surface area contributed by atoms with Crippen LogP contribution >= 0.6 is 0 Å². The zero-order valence-corrected chi connectivity index (χ0v) is 14.5. The first-order valence-corrected chi connectivity index (χ1v) is 9.74. The summed E-state index contributed by atoms with van der Waals surface area (Å²) in [6.45, 7) is 1.56. The molecule has 10 nitrogen and oxygen atoms in total. The average Bonchev–Trinajstić information content (AvgIpc) is 2.80. The summed E-state index contributed by atoms with van der Waals surface area (Å²) in [6, 6.07) is -2.20. The lowest BCUT2D eigenvalue weighted by molar-refractivity contribution is -0.127. The third kappa shape index (κ3) is 3.65. The number of hydrogen-bond donors (Lipinski definition) is 2. The van der Waals surface area contributed by atoms with Crippen molar-refractivity contribution in [2.24, 2.45) is 0 Å². The highest BCUT2D eigenvalue weighted by atomic mass is 32.2. The first-order chi connectivity index (χ1) is 11.8. The van der Waals surface area contributed by atoms with Crippen molar-refractivity contribution in [2.75, 3.05) is 19.6 Å². The molecule has 3 fully saturated rings. The van der Waals surface area contributed by atoms with Crippen LogP contribution in [0.15, 0.2) is 0 Å². The van der Waals surface area contributed by atoms with Gasteiger partial charge in [-0.25, -0.2) is 4.79 Å². The Morgan fingerprint density at radius 1 is 1.24 bits per heavy atom. The molecule has 2 bridgehead atoms. The lowest BCUT2D eigenvalue weighted by Crippen LogP contribution is -2.54. The molecule has 0 aromatic heterocycles. The first kappa shape index (κ1) is 18.1. The van der Waals surface area contributed by atoms with E-state index >= 15 is 0 Å². The van der Waals surface area contributed by atoms with Crippen LogP contribution in [0.1, 0.15) is 25.7 Å². The Bertz CT molecular complexity index is 665. The minimum atomic E-state index is -4.62. The van der Waals surface area contributed by atoms with E-state index in [1.54, 1.807) is 0 Å². The number of urea groups is 1. The number of nitrogens with one attached hydrogen (secondary N) is 1. The van der Waals surface area contributed by atoms with E-state index in [1.165, 1.54) is 4.90 Å². The molecular weight excluding hydrogens is 351 g/mol. The van der Waals surface area contributed by atoms with Gasteiger partial charge in [0.15, 0.2) is 0 Å². The smallest absolute Gasteiger partial charge is 0.351 e. The maximum absolute atomic E-state index is 12.6. The van der Waals surface area contributed by atoms with Gasteiger partial charge in [-0.15, -0.1) is 0 Å². The van der Waals surface area contributed by atoms with E-state index in [4.69, 9.17) is 0 Å². The zero-order valence-electron chi connectivity index (χ0n) is 13.7. The largest absolute Gasteiger partial charge is 0.363 e. The number of carbonyl (C=O) groups excluding carboxylic acids is 3. The summed E-state index contributed by atoms with van der Waals surface area (Å²) in [6.07, 6.45) is 3.01. The fourth-order valence-corrected chi connectivity index (χ4v) is 4.71. The highest BCUT2D eigenvalue weighted by molar-refractivity contribution is 7.84. The van der Waals surface area contributed by atoms with Crippen LogP contribution in [0.4, 0.5) is 4.79 Å². The Morgan fingerprint density at radius 2 is 1.92 bits per heavy atom. The van der Waals surface area contributed by atoms with Crippen molar-refractivity contribution in [3.05, 3.63) is 0 Å². The van der Waals surface area contributed by atoms with Gasteiger partial charge >= 0.3 is 16.3 Å². The SMILES string of the molecule is O=CBN1CCC(NC(=O)[C@@H]2CC[C@@H]3CN2C(=O)N3S(=O)(=O)O)CC1. The van der Waals surface area contributed by atoms with E-state index < -0.39 is 28.4 Å². The predicted octanol–water partition coefficient (Wildman–Crippen LogP) is -1.82. The Hall–Kier alpha value is -1.66. The molecule has 25 heavy (non-hydrogen) atoms. The second-order valence-electron chi connectivity index (χ2n) is 6.71. The van der Waals surface area contributed by atoms with Crippen LogP contribution in [0.5, 0.6) is 0 Å². The molecule has 0 aromatic carbocycles. The van der Waals surface area contributed by atoms with Gasteiger partial charge in [-0.1, -0.05) is 0 Å². The molecule has 3 aliphatic rings. The number of fused-ring (bicyclic) bond motifs is 2. The van der Waals surface area contributed by atoms with Crippen LogP contribution in [0.2, 0.25) is 0 Å². The molecule has 2 N–H and O–H groups in total. The summed E-state index contributed by atoms with van der Waals surface area (Å²) in [7, 11) is -4.23. The van der Waals surface area contributed by atoms with Crippen molar-refractivity contribution in [3.63, 3.8) is 0 Å². The van der Waals surface area contributed by atoms with E-state index in [1.807, 2.05) is 4.81 Å². The Kier molecular flexibility index (Phi) is 5.03. The average molecular weight is 372 g/mol. The van der Waals surface area contributed by atoms with Crippen molar-refractivity contribution in [1.82, 2.24) is 19.3 Å². The summed E-state index contributed by atoms with van der Waals surface area (Å²) < 4.78 is 32.4. The molecule has 138 valence electrons. The Balaban J connectivity index is 1.59. The topological polar surface area (TPSA) is 127 Å². The molecule has 12 heteroatoms. The van der Waals surface area contributed by atoms with E-state index in [0.717, 1.165) is 32.1 Å². The number of piperidine rings is 2. The summed E-state index contributed by atoms with van der Waals surface area (Å²) in [5, 5.41) is 2.93. The van der Waals surface area contributed by atoms with Crippen LogP contribution in [0, 0.1) is 0 Å². The molecule has 0 unspecified atom stereocenters. The molecular formula is C13H21BN4O6S. The van der Waals surface area contributed by atoms with Crippen molar-refractivity contribution < 1.29 is 27.4 Å². The fourth-order valence-electron chi connectivity index (χ4n) is 3.86. The number of hydrogen-bond acceptors (Lipinski definition) is 6. The van der Waals surface area contributed by atoms with Crippen LogP contribution < -0.4 is 5.32 Å². The highest BCUT2D eigenvalue weighted by Crippen LogP contribution is 2.31. The van der Waals surface area contributed by atoms with Gasteiger partial charge in [0.1, 0.15) is 6.04 Å². The van der Waals surface area contributed by atoms with Crippen LogP contribution in [-0.2, 0) is 19.9 Å². The van der Waals surface area contributed by atoms with Gasteiger partial charge in [0.05, 0.1) is 12.2 Å². The van der Waals surface area contributed by atoms with Crippen molar-refractivity contribution in [3.8, 4) is 0 Å². The predicted molar refractivity (Wildman–Crippen MR) is 88.9 cm³/mol. The van der Waals surface area contributed by atoms with Crippen LogP contribution in [-0.4, -0.2) is 90.3 Å². The van der Waals surface area contributed by atoms with Gasteiger partial charge in [0, 0.05) is 12.6 Å². The van der Waals surface area contributed by atoms with E-state index in [-0.39, 0.29) is 18.5 Å². The quantitative estimate of drug-likeness (QED) is 0.330. The molecule has 3 aliphatic heterocycles. The molecule has 3 saturated heterocycles. The Labute approximate surface area is 146 Å². The number of carbonyl (C=O) groups is 3. The summed E-state index contributed by atoms with van der Waals surface area (Å²) >= 11 is 0. The molecule has 2 atom stereocenters. The molecule has 3 rings (SSSR count). The molecule has 3 heterocycles. The summed E-state index contributed by atoms with van der Waals surface area (Å²) in [4.78, 5) is 38.6. The standard InChI is InChI=1S/C13H21BN4O6S/c19-8-14-16-5-3-9(4-6-16)15-12(20)11-2-1-10-7-17(11)13(21)18(10)25(22,23)24/h8-11,14H,1-7H2,(H,15,20)(H,22,23,24)/t10-,11+/m1/s1. The molecule has 0 aromatic rings. The minimum Gasteiger partial charge on any atom is -0.351 e. The number of rotatable bonds is 5. The maximum Gasteiger partial charge on any atom is 0.363 e. The van der Waals surface area contributed by atoms with Gasteiger partial charge in [0.2, 0.25) is 5.91 Å². The normalized spacial score (nSPS) is 28.1. The third-order valence-electron chi connectivity index (χ3n) is 5.14.